The highest BCUT2D eigenvalue weighted by molar-refractivity contribution is 5.79. The first-order chi connectivity index (χ1) is 7.33. The van der Waals surface area contributed by atoms with Gasteiger partial charge in [-0.3, -0.25) is 4.79 Å². The molecule has 0 unspecified atom stereocenters. The second-order valence-corrected chi connectivity index (χ2v) is 4.82. The lowest BCUT2D eigenvalue weighted by molar-refractivity contribution is -0.137. The molecule has 0 atom stereocenters. The molecule has 0 aliphatic heterocycles. The van der Waals surface area contributed by atoms with Crippen molar-refractivity contribution in [1.29, 1.82) is 0 Å². The molecule has 2 aliphatic rings. The minimum absolute atomic E-state index is 0.106. The maximum atomic E-state index is 12.2. The van der Waals surface area contributed by atoms with Crippen LogP contribution in [0.2, 0.25) is 0 Å². The summed E-state index contributed by atoms with van der Waals surface area (Å²) in [5.41, 5.74) is 0. The summed E-state index contributed by atoms with van der Waals surface area (Å²) >= 11 is 0. The van der Waals surface area contributed by atoms with Gasteiger partial charge in [-0.15, -0.1) is 0 Å². The van der Waals surface area contributed by atoms with Gasteiger partial charge in [-0.2, -0.15) is 0 Å². The maximum Gasteiger partial charge on any atom is 0.226 e. The van der Waals surface area contributed by atoms with Gasteiger partial charge in [-0.25, -0.2) is 0 Å². The summed E-state index contributed by atoms with van der Waals surface area (Å²) in [6.07, 6.45) is 8.09. The molecule has 2 rings (SSSR count). The summed E-state index contributed by atoms with van der Waals surface area (Å²) in [5.74, 6) is 0.567. The second kappa shape index (κ2) is 4.97. The molecular formula is C12H21NO2. The predicted molar refractivity (Wildman–Crippen MR) is 58.4 cm³/mol. The Morgan fingerprint density at radius 2 is 1.80 bits per heavy atom. The van der Waals surface area contributed by atoms with Gasteiger partial charge < -0.3 is 10.0 Å². The van der Waals surface area contributed by atoms with E-state index in [1.165, 1.54) is 19.3 Å². The number of rotatable bonds is 4. The van der Waals surface area contributed by atoms with Crippen molar-refractivity contribution in [2.45, 2.75) is 51.0 Å². The average molecular weight is 211 g/mol. The molecule has 0 aromatic rings. The Kier molecular flexibility index (Phi) is 3.62. The summed E-state index contributed by atoms with van der Waals surface area (Å²) in [6.45, 7) is 0.648. The predicted octanol–water partition coefficient (Wildman–Crippen LogP) is 1.55. The zero-order chi connectivity index (χ0) is 10.7. The van der Waals surface area contributed by atoms with Crippen molar-refractivity contribution < 1.29 is 9.90 Å². The van der Waals surface area contributed by atoms with E-state index in [9.17, 15) is 4.79 Å². The molecule has 3 heteroatoms. The summed E-state index contributed by atoms with van der Waals surface area (Å²) in [7, 11) is 0. The number of aliphatic hydroxyl groups excluding tert-OH is 1. The van der Waals surface area contributed by atoms with Gasteiger partial charge in [-0.05, 0) is 25.7 Å². The lowest BCUT2D eigenvalue weighted by Crippen LogP contribution is -2.40. The van der Waals surface area contributed by atoms with Gasteiger partial charge in [0.2, 0.25) is 5.91 Å². The van der Waals surface area contributed by atoms with E-state index in [1.807, 2.05) is 4.90 Å². The molecule has 0 radical (unpaired) electrons. The highest BCUT2D eigenvalue weighted by atomic mass is 16.3. The third-order valence-corrected chi connectivity index (χ3v) is 3.57. The number of hydrogen-bond donors (Lipinski definition) is 1. The Morgan fingerprint density at radius 3 is 2.33 bits per heavy atom. The van der Waals surface area contributed by atoms with Crippen LogP contribution in [0.3, 0.4) is 0 Å². The number of carbonyl (C=O) groups excluding carboxylic acids is 1. The van der Waals surface area contributed by atoms with Gasteiger partial charge in [0.1, 0.15) is 0 Å². The van der Waals surface area contributed by atoms with E-state index in [-0.39, 0.29) is 12.5 Å². The van der Waals surface area contributed by atoms with Gasteiger partial charge >= 0.3 is 0 Å². The molecule has 1 amide bonds. The quantitative estimate of drug-likeness (QED) is 0.766. The number of amides is 1. The van der Waals surface area contributed by atoms with Crippen LogP contribution in [-0.4, -0.2) is 35.1 Å². The standard InChI is InChI=1S/C12H21NO2/c14-9-8-13(11-6-7-11)12(15)10-4-2-1-3-5-10/h10-11,14H,1-9H2. The number of hydrogen-bond acceptors (Lipinski definition) is 2. The Balaban J connectivity index is 1.90. The normalized spacial score (nSPS) is 22.7. The summed E-state index contributed by atoms with van der Waals surface area (Å²) in [5, 5.41) is 8.97. The fourth-order valence-electron chi connectivity index (χ4n) is 2.55. The number of nitrogens with zero attached hydrogens (tertiary/aromatic N) is 1. The zero-order valence-electron chi connectivity index (χ0n) is 9.32. The molecule has 0 heterocycles. The minimum atomic E-state index is 0.106. The lowest BCUT2D eigenvalue weighted by Gasteiger charge is -2.28. The summed E-state index contributed by atoms with van der Waals surface area (Å²) in [4.78, 5) is 14.1. The third kappa shape index (κ3) is 2.71. The fraction of sp³-hybridized carbons (Fsp3) is 0.917. The summed E-state index contributed by atoms with van der Waals surface area (Å²) in [6, 6.07) is 0.451. The Labute approximate surface area is 91.5 Å². The van der Waals surface area contributed by atoms with Gasteiger partial charge in [-0.1, -0.05) is 19.3 Å². The largest absolute Gasteiger partial charge is 0.395 e. The number of aliphatic hydroxyl groups is 1. The zero-order valence-corrected chi connectivity index (χ0v) is 9.32. The van der Waals surface area contributed by atoms with Crippen molar-refractivity contribution in [2.75, 3.05) is 13.2 Å². The summed E-state index contributed by atoms with van der Waals surface area (Å²) < 4.78 is 0. The highest BCUT2D eigenvalue weighted by Crippen LogP contribution is 2.31. The van der Waals surface area contributed by atoms with Gasteiger partial charge in [0.15, 0.2) is 0 Å². The van der Waals surface area contributed by atoms with Crippen LogP contribution in [0.15, 0.2) is 0 Å². The van der Waals surface area contributed by atoms with E-state index in [2.05, 4.69) is 0 Å². The van der Waals surface area contributed by atoms with E-state index < -0.39 is 0 Å². The van der Waals surface area contributed by atoms with Crippen LogP contribution in [0, 0.1) is 5.92 Å². The Bertz CT molecular complexity index is 220. The Morgan fingerprint density at radius 1 is 1.13 bits per heavy atom. The molecule has 0 aromatic heterocycles. The first-order valence-corrected chi connectivity index (χ1v) is 6.24. The average Bonchev–Trinajstić information content (AvgIpc) is 3.10. The molecule has 1 N–H and O–H groups in total. The van der Waals surface area contributed by atoms with E-state index in [0.717, 1.165) is 25.7 Å². The van der Waals surface area contributed by atoms with E-state index in [1.54, 1.807) is 0 Å². The molecule has 2 saturated carbocycles. The molecule has 0 bridgehead atoms. The second-order valence-electron chi connectivity index (χ2n) is 4.82. The van der Waals surface area contributed by atoms with Crippen LogP contribution < -0.4 is 0 Å². The molecule has 2 fully saturated rings. The van der Waals surface area contributed by atoms with Gasteiger partial charge in [0.05, 0.1) is 6.61 Å². The lowest BCUT2D eigenvalue weighted by atomic mass is 9.88. The minimum Gasteiger partial charge on any atom is -0.395 e. The molecular weight excluding hydrogens is 190 g/mol. The molecule has 86 valence electrons. The van der Waals surface area contributed by atoms with E-state index in [4.69, 9.17) is 5.11 Å². The van der Waals surface area contributed by atoms with Crippen LogP contribution in [0.1, 0.15) is 44.9 Å². The van der Waals surface area contributed by atoms with Crippen LogP contribution in [-0.2, 0) is 4.79 Å². The first-order valence-electron chi connectivity index (χ1n) is 6.24. The highest BCUT2D eigenvalue weighted by Gasteiger charge is 2.35. The molecule has 0 aromatic carbocycles. The molecule has 0 spiro atoms. The SMILES string of the molecule is O=C(C1CCCCC1)N(CCO)C1CC1. The first kappa shape index (κ1) is 10.9. The van der Waals surface area contributed by atoms with Crippen molar-refractivity contribution in [3.8, 4) is 0 Å². The van der Waals surface area contributed by atoms with Gasteiger partial charge in [0, 0.05) is 18.5 Å². The van der Waals surface area contributed by atoms with Crippen molar-refractivity contribution in [1.82, 2.24) is 4.90 Å². The van der Waals surface area contributed by atoms with Crippen molar-refractivity contribution in [3.63, 3.8) is 0 Å². The third-order valence-electron chi connectivity index (χ3n) is 3.57. The molecule has 0 saturated heterocycles. The topological polar surface area (TPSA) is 40.5 Å². The van der Waals surface area contributed by atoms with E-state index in [0.29, 0.717) is 18.5 Å². The fourth-order valence-corrected chi connectivity index (χ4v) is 2.55. The monoisotopic (exact) mass is 211 g/mol. The van der Waals surface area contributed by atoms with Crippen LogP contribution in [0.4, 0.5) is 0 Å². The van der Waals surface area contributed by atoms with Gasteiger partial charge in [0.25, 0.3) is 0 Å². The molecule has 2 aliphatic carbocycles. The smallest absolute Gasteiger partial charge is 0.226 e. The molecule has 15 heavy (non-hydrogen) atoms. The maximum absolute atomic E-state index is 12.2. The molecule has 3 nitrogen and oxygen atoms in total. The Hall–Kier alpha value is -0.570. The van der Waals surface area contributed by atoms with Crippen molar-refractivity contribution >= 4 is 5.91 Å². The van der Waals surface area contributed by atoms with Crippen LogP contribution in [0.5, 0.6) is 0 Å². The van der Waals surface area contributed by atoms with Crippen LogP contribution in [0.25, 0.3) is 0 Å². The van der Waals surface area contributed by atoms with Crippen molar-refractivity contribution in [2.24, 2.45) is 5.92 Å². The van der Waals surface area contributed by atoms with Crippen LogP contribution >= 0.6 is 0 Å². The van der Waals surface area contributed by atoms with Crippen molar-refractivity contribution in [3.05, 3.63) is 0 Å². The van der Waals surface area contributed by atoms with E-state index >= 15 is 0 Å². The number of carbonyl (C=O) groups is 1.